The number of hydrazone groups is 1. The maximum atomic E-state index is 12.4. The topological polar surface area (TPSA) is 59.9 Å². The monoisotopic (exact) mass is 380 g/mol. The summed E-state index contributed by atoms with van der Waals surface area (Å²) in [6, 6.07) is 13.6. The predicted octanol–water partition coefficient (Wildman–Crippen LogP) is 4.91. The first kappa shape index (κ1) is 19.9. The molecule has 0 saturated heterocycles. The van der Waals surface area contributed by atoms with E-state index in [1.54, 1.807) is 32.4 Å². The Morgan fingerprint density at radius 3 is 2.21 bits per heavy atom. The second-order valence-electron chi connectivity index (χ2n) is 7.16. The van der Waals surface area contributed by atoms with Gasteiger partial charge in [0.2, 0.25) is 0 Å². The minimum Gasteiger partial charge on any atom is -0.493 e. The fraction of sp³-hybridized carbons (Fsp3) is 0.391. The summed E-state index contributed by atoms with van der Waals surface area (Å²) in [5.41, 5.74) is 6.26. The van der Waals surface area contributed by atoms with Crippen LogP contribution < -0.4 is 14.9 Å². The van der Waals surface area contributed by atoms with Gasteiger partial charge in [-0.1, -0.05) is 43.5 Å². The number of methoxy groups -OCH3 is 2. The third kappa shape index (κ3) is 4.71. The van der Waals surface area contributed by atoms with Crippen LogP contribution in [-0.2, 0) is 0 Å². The minimum absolute atomic E-state index is 0.292. The molecule has 1 amide bonds. The molecule has 0 atom stereocenters. The number of carbonyl (C=O) groups excluding carboxylic acids is 1. The molecule has 0 radical (unpaired) electrons. The quantitative estimate of drug-likeness (QED) is 0.572. The zero-order valence-corrected chi connectivity index (χ0v) is 16.8. The minimum atomic E-state index is -0.292. The number of nitrogens with zero attached hydrogens (tertiary/aromatic N) is 1. The normalized spacial score (nSPS) is 15.2. The Balaban J connectivity index is 1.65. The summed E-state index contributed by atoms with van der Waals surface area (Å²) in [6.45, 7) is 1.89. The van der Waals surface area contributed by atoms with Crippen LogP contribution >= 0.6 is 0 Å². The van der Waals surface area contributed by atoms with Gasteiger partial charge in [-0.05, 0) is 55.0 Å². The van der Waals surface area contributed by atoms with Crippen molar-refractivity contribution in [3.05, 3.63) is 59.2 Å². The van der Waals surface area contributed by atoms with Gasteiger partial charge in [-0.25, -0.2) is 5.43 Å². The standard InChI is InChI=1S/C23H28N2O3/c1-16(17-9-11-19(12-10-17)18-7-5-4-6-8-18)24-25-23(26)20-13-14-21(27-2)22(15-20)28-3/h9-15,18H,4-8H2,1-3H3,(H,25,26)/b24-16-. The van der Waals surface area contributed by atoms with Crippen LogP contribution in [0.15, 0.2) is 47.6 Å². The Hall–Kier alpha value is -2.82. The van der Waals surface area contributed by atoms with Gasteiger partial charge in [0.25, 0.3) is 5.91 Å². The van der Waals surface area contributed by atoms with Gasteiger partial charge in [0.1, 0.15) is 0 Å². The molecular weight excluding hydrogens is 352 g/mol. The van der Waals surface area contributed by atoms with Gasteiger partial charge in [-0.15, -0.1) is 0 Å². The molecule has 1 aliphatic rings. The molecule has 0 bridgehead atoms. The number of carbonyl (C=O) groups is 1. The lowest BCUT2D eigenvalue weighted by atomic mass is 9.84. The molecule has 1 fully saturated rings. The highest BCUT2D eigenvalue weighted by atomic mass is 16.5. The van der Waals surface area contributed by atoms with E-state index >= 15 is 0 Å². The first-order valence-corrected chi connectivity index (χ1v) is 9.79. The van der Waals surface area contributed by atoms with Crippen LogP contribution in [0.25, 0.3) is 0 Å². The van der Waals surface area contributed by atoms with Gasteiger partial charge in [0.05, 0.1) is 19.9 Å². The third-order valence-corrected chi connectivity index (χ3v) is 5.38. The van der Waals surface area contributed by atoms with Crippen molar-refractivity contribution < 1.29 is 14.3 Å². The molecule has 0 spiro atoms. The highest BCUT2D eigenvalue weighted by molar-refractivity contribution is 6.01. The SMILES string of the molecule is COc1ccc(C(=O)N/N=C(/C)c2ccc(C3CCCCC3)cc2)cc1OC. The molecule has 2 aromatic carbocycles. The van der Waals surface area contributed by atoms with E-state index in [-0.39, 0.29) is 5.91 Å². The fourth-order valence-electron chi connectivity index (χ4n) is 3.67. The van der Waals surface area contributed by atoms with Crippen molar-refractivity contribution in [2.24, 2.45) is 5.10 Å². The average molecular weight is 380 g/mol. The number of hydrogen-bond acceptors (Lipinski definition) is 4. The Bertz CT molecular complexity index is 837. The summed E-state index contributed by atoms with van der Waals surface area (Å²) in [4.78, 5) is 12.4. The van der Waals surface area contributed by atoms with E-state index in [0.717, 1.165) is 11.3 Å². The van der Waals surface area contributed by atoms with E-state index in [1.807, 2.05) is 6.92 Å². The van der Waals surface area contributed by atoms with Gasteiger partial charge < -0.3 is 9.47 Å². The average Bonchev–Trinajstić information content (AvgIpc) is 2.77. The predicted molar refractivity (Wildman–Crippen MR) is 111 cm³/mol. The molecule has 1 aliphatic carbocycles. The Morgan fingerprint density at radius 1 is 0.929 bits per heavy atom. The van der Waals surface area contributed by atoms with Crippen LogP contribution in [0.5, 0.6) is 11.5 Å². The molecule has 1 saturated carbocycles. The van der Waals surface area contributed by atoms with Crippen LogP contribution in [0, 0.1) is 0 Å². The van der Waals surface area contributed by atoms with Gasteiger partial charge in [0.15, 0.2) is 11.5 Å². The Labute approximate surface area is 166 Å². The van der Waals surface area contributed by atoms with E-state index in [1.165, 1.54) is 37.7 Å². The highest BCUT2D eigenvalue weighted by Crippen LogP contribution is 2.32. The second-order valence-corrected chi connectivity index (χ2v) is 7.16. The van der Waals surface area contributed by atoms with Crippen LogP contribution in [0.4, 0.5) is 0 Å². The van der Waals surface area contributed by atoms with Gasteiger partial charge in [-0.3, -0.25) is 4.79 Å². The fourth-order valence-corrected chi connectivity index (χ4v) is 3.67. The summed E-state index contributed by atoms with van der Waals surface area (Å²) < 4.78 is 10.4. The summed E-state index contributed by atoms with van der Waals surface area (Å²) >= 11 is 0. The Kier molecular flexibility index (Phi) is 6.69. The molecule has 5 heteroatoms. The molecule has 3 rings (SSSR count). The third-order valence-electron chi connectivity index (χ3n) is 5.38. The van der Waals surface area contributed by atoms with Gasteiger partial charge in [0, 0.05) is 5.56 Å². The Morgan fingerprint density at radius 2 is 1.57 bits per heavy atom. The molecule has 148 valence electrons. The van der Waals surface area contributed by atoms with E-state index in [2.05, 4.69) is 34.8 Å². The number of nitrogens with one attached hydrogen (secondary N) is 1. The van der Waals surface area contributed by atoms with Crippen molar-refractivity contribution in [3.8, 4) is 11.5 Å². The molecule has 2 aromatic rings. The lowest BCUT2D eigenvalue weighted by Gasteiger charge is -2.22. The largest absolute Gasteiger partial charge is 0.493 e. The second kappa shape index (κ2) is 9.40. The smallest absolute Gasteiger partial charge is 0.271 e. The van der Waals surface area contributed by atoms with Crippen molar-refractivity contribution in [2.75, 3.05) is 14.2 Å². The van der Waals surface area contributed by atoms with E-state index in [9.17, 15) is 4.79 Å². The first-order chi connectivity index (χ1) is 13.6. The lowest BCUT2D eigenvalue weighted by molar-refractivity contribution is 0.0954. The molecular formula is C23H28N2O3. The van der Waals surface area contributed by atoms with Gasteiger partial charge >= 0.3 is 0 Å². The van der Waals surface area contributed by atoms with E-state index in [4.69, 9.17) is 9.47 Å². The molecule has 0 aromatic heterocycles. The van der Waals surface area contributed by atoms with Crippen LogP contribution in [0.2, 0.25) is 0 Å². The van der Waals surface area contributed by atoms with Crippen molar-refractivity contribution in [1.82, 2.24) is 5.43 Å². The number of amides is 1. The summed E-state index contributed by atoms with van der Waals surface area (Å²) in [7, 11) is 3.10. The number of hydrogen-bond donors (Lipinski definition) is 1. The molecule has 5 nitrogen and oxygen atoms in total. The van der Waals surface area contributed by atoms with Crippen molar-refractivity contribution in [1.29, 1.82) is 0 Å². The van der Waals surface area contributed by atoms with Gasteiger partial charge in [-0.2, -0.15) is 5.10 Å². The zero-order valence-electron chi connectivity index (χ0n) is 16.8. The molecule has 0 unspecified atom stereocenters. The zero-order chi connectivity index (χ0) is 19.9. The number of benzene rings is 2. The van der Waals surface area contributed by atoms with Crippen LogP contribution in [0.3, 0.4) is 0 Å². The van der Waals surface area contributed by atoms with E-state index < -0.39 is 0 Å². The summed E-state index contributed by atoms with van der Waals surface area (Å²) in [5.74, 6) is 1.48. The summed E-state index contributed by atoms with van der Waals surface area (Å²) in [6.07, 6.45) is 6.59. The highest BCUT2D eigenvalue weighted by Gasteiger charge is 2.15. The van der Waals surface area contributed by atoms with Crippen molar-refractivity contribution in [2.45, 2.75) is 44.9 Å². The maximum absolute atomic E-state index is 12.4. The first-order valence-electron chi connectivity index (χ1n) is 9.79. The number of ether oxygens (including phenoxy) is 2. The maximum Gasteiger partial charge on any atom is 0.271 e. The van der Waals surface area contributed by atoms with E-state index in [0.29, 0.717) is 23.0 Å². The van der Waals surface area contributed by atoms with Crippen molar-refractivity contribution >= 4 is 11.6 Å². The molecule has 28 heavy (non-hydrogen) atoms. The lowest BCUT2D eigenvalue weighted by Crippen LogP contribution is -2.19. The molecule has 1 N–H and O–H groups in total. The number of rotatable bonds is 6. The van der Waals surface area contributed by atoms with Crippen LogP contribution in [-0.4, -0.2) is 25.8 Å². The van der Waals surface area contributed by atoms with Crippen LogP contribution in [0.1, 0.15) is 66.4 Å². The molecule has 0 heterocycles. The summed E-state index contributed by atoms with van der Waals surface area (Å²) in [5, 5.41) is 4.26. The molecule has 0 aliphatic heterocycles. The van der Waals surface area contributed by atoms with Crippen molar-refractivity contribution in [3.63, 3.8) is 0 Å².